The van der Waals surface area contributed by atoms with Crippen molar-refractivity contribution in [2.75, 3.05) is 23.3 Å². The summed E-state index contributed by atoms with van der Waals surface area (Å²) in [5.41, 5.74) is 1.69. The van der Waals surface area contributed by atoms with E-state index >= 15 is 0 Å². The van der Waals surface area contributed by atoms with Gasteiger partial charge in [-0.25, -0.2) is 4.98 Å². The van der Waals surface area contributed by atoms with Crippen molar-refractivity contribution in [3.63, 3.8) is 0 Å². The van der Waals surface area contributed by atoms with Gasteiger partial charge in [0.1, 0.15) is 5.52 Å². The van der Waals surface area contributed by atoms with E-state index in [4.69, 9.17) is 4.98 Å². The first-order valence-corrected chi connectivity index (χ1v) is 8.05. The monoisotopic (exact) mass is 288 g/mol. The summed E-state index contributed by atoms with van der Waals surface area (Å²) in [6.07, 6.45) is 8.21. The molecule has 6 nitrogen and oxygen atoms in total. The van der Waals surface area contributed by atoms with E-state index in [-0.39, 0.29) is 0 Å². The molecule has 1 aliphatic rings. The van der Waals surface area contributed by atoms with Gasteiger partial charge in [0.25, 0.3) is 0 Å². The number of aromatic amines is 1. The van der Waals surface area contributed by atoms with Crippen molar-refractivity contribution in [3.8, 4) is 0 Å². The van der Waals surface area contributed by atoms with Gasteiger partial charge in [0.15, 0.2) is 11.5 Å². The Kier molecular flexibility index (Phi) is 4.22. The normalized spacial score (nSPS) is 16.3. The number of hydrogen-bond donors (Lipinski definition) is 2. The minimum absolute atomic E-state index is 0.583. The smallest absolute Gasteiger partial charge is 0.226 e. The SMILES string of the molecule is CCNc1nc(N(CC)C2CCCCC2)c2[nH]cnc2n1. The molecule has 0 saturated heterocycles. The molecule has 6 heteroatoms. The van der Waals surface area contributed by atoms with Gasteiger partial charge >= 0.3 is 0 Å². The van der Waals surface area contributed by atoms with Crippen LogP contribution in [0.15, 0.2) is 6.33 Å². The van der Waals surface area contributed by atoms with Crippen LogP contribution in [0.4, 0.5) is 11.8 Å². The molecule has 2 aromatic rings. The number of H-pyrrole nitrogens is 1. The first kappa shape index (κ1) is 14.1. The lowest BCUT2D eigenvalue weighted by Gasteiger charge is -2.34. The van der Waals surface area contributed by atoms with E-state index < -0.39 is 0 Å². The Morgan fingerprint density at radius 3 is 2.76 bits per heavy atom. The van der Waals surface area contributed by atoms with Gasteiger partial charge in [0.05, 0.1) is 6.33 Å². The molecule has 2 aromatic heterocycles. The number of rotatable bonds is 5. The molecular weight excluding hydrogens is 264 g/mol. The van der Waals surface area contributed by atoms with Crippen LogP contribution in [0.3, 0.4) is 0 Å². The molecule has 2 N–H and O–H groups in total. The molecule has 1 aliphatic carbocycles. The Bertz CT molecular complexity index is 587. The van der Waals surface area contributed by atoms with Crippen LogP contribution in [0.5, 0.6) is 0 Å². The molecule has 3 rings (SSSR count). The van der Waals surface area contributed by atoms with E-state index in [0.29, 0.717) is 12.0 Å². The van der Waals surface area contributed by atoms with Crippen LogP contribution in [0.2, 0.25) is 0 Å². The molecule has 0 radical (unpaired) electrons. The Hall–Kier alpha value is -1.85. The molecule has 0 unspecified atom stereocenters. The van der Waals surface area contributed by atoms with E-state index in [2.05, 4.69) is 39.0 Å². The average Bonchev–Trinajstić information content (AvgIpc) is 2.98. The largest absolute Gasteiger partial charge is 0.354 e. The number of anilines is 2. The van der Waals surface area contributed by atoms with Crippen molar-refractivity contribution >= 4 is 22.9 Å². The van der Waals surface area contributed by atoms with Crippen molar-refractivity contribution in [1.29, 1.82) is 0 Å². The molecular formula is C15H24N6. The molecule has 0 aromatic carbocycles. The Morgan fingerprint density at radius 1 is 1.24 bits per heavy atom. The van der Waals surface area contributed by atoms with Crippen LogP contribution < -0.4 is 10.2 Å². The van der Waals surface area contributed by atoms with E-state index in [1.54, 1.807) is 6.33 Å². The summed E-state index contributed by atoms with van der Waals surface area (Å²) in [5, 5.41) is 3.21. The third kappa shape index (κ3) is 2.80. The van der Waals surface area contributed by atoms with Crippen LogP contribution >= 0.6 is 0 Å². The fraction of sp³-hybridized carbons (Fsp3) is 0.667. The number of nitrogens with zero attached hydrogens (tertiary/aromatic N) is 4. The first-order chi connectivity index (χ1) is 10.3. The van der Waals surface area contributed by atoms with E-state index in [0.717, 1.165) is 30.1 Å². The van der Waals surface area contributed by atoms with E-state index in [9.17, 15) is 0 Å². The second-order valence-corrected chi connectivity index (χ2v) is 5.58. The van der Waals surface area contributed by atoms with Gasteiger partial charge in [-0.2, -0.15) is 9.97 Å². The fourth-order valence-electron chi connectivity index (χ4n) is 3.24. The second kappa shape index (κ2) is 6.28. The Balaban J connectivity index is 2.00. The highest BCUT2D eigenvalue weighted by Crippen LogP contribution is 2.30. The molecule has 1 saturated carbocycles. The summed E-state index contributed by atoms with van der Waals surface area (Å²) in [7, 11) is 0. The zero-order valence-corrected chi connectivity index (χ0v) is 12.9. The molecule has 0 atom stereocenters. The van der Waals surface area contributed by atoms with Crippen LogP contribution in [-0.4, -0.2) is 39.1 Å². The summed E-state index contributed by atoms with van der Waals surface area (Å²) in [6, 6.07) is 0.583. The summed E-state index contributed by atoms with van der Waals surface area (Å²) >= 11 is 0. The van der Waals surface area contributed by atoms with Gasteiger partial charge in [0, 0.05) is 19.1 Å². The molecule has 114 valence electrons. The van der Waals surface area contributed by atoms with Crippen molar-refractivity contribution in [3.05, 3.63) is 6.33 Å². The van der Waals surface area contributed by atoms with Gasteiger partial charge in [-0.15, -0.1) is 0 Å². The molecule has 21 heavy (non-hydrogen) atoms. The van der Waals surface area contributed by atoms with Crippen molar-refractivity contribution in [2.24, 2.45) is 0 Å². The zero-order valence-electron chi connectivity index (χ0n) is 12.9. The van der Waals surface area contributed by atoms with Crippen LogP contribution in [-0.2, 0) is 0 Å². The number of nitrogens with one attached hydrogen (secondary N) is 2. The van der Waals surface area contributed by atoms with Crippen molar-refractivity contribution in [1.82, 2.24) is 19.9 Å². The first-order valence-electron chi connectivity index (χ1n) is 8.05. The summed E-state index contributed by atoms with van der Waals surface area (Å²) in [4.78, 5) is 19.1. The number of imidazole rings is 1. The predicted octanol–water partition coefficient (Wildman–Crippen LogP) is 2.94. The molecule has 1 fully saturated rings. The third-order valence-electron chi connectivity index (χ3n) is 4.23. The van der Waals surface area contributed by atoms with Crippen LogP contribution in [0.25, 0.3) is 11.2 Å². The fourth-order valence-corrected chi connectivity index (χ4v) is 3.24. The van der Waals surface area contributed by atoms with Crippen molar-refractivity contribution in [2.45, 2.75) is 52.0 Å². The molecule has 2 heterocycles. The Morgan fingerprint density at radius 2 is 2.05 bits per heavy atom. The third-order valence-corrected chi connectivity index (χ3v) is 4.23. The zero-order chi connectivity index (χ0) is 14.7. The predicted molar refractivity (Wildman–Crippen MR) is 85.7 cm³/mol. The highest BCUT2D eigenvalue weighted by atomic mass is 15.3. The maximum absolute atomic E-state index is 4.74. The minimum atomic E-state index is 0.583. The summed E-state index contributed by atoms with van der Waals surface area (Å²) in [6.45, 7) is 6.02. The highest BCUT2D eigenvalue weighted by Gasteiger charge is 2.24. The second-order valence-electron chi connectivity index (χ2n) is 5.58. The lowest BCUT2D eigenvalue weighted by atomic mass is 9.94. The standard InChI is InChI=1S/C15H24N6/c1-3-16-15-19-13-12(17-10-18-13)14(20-15)21(4-2)11-8-6-5-7-9-11/h10-11H,3-9H2,1-2H3,(H2,16,17,18,19,20). The highest BCUT2D eigenvalue weighted by molar-refractivity contribution is 5.84. The molecule has 0 spiro atoms. The average molecular weight is 288 g/mol. The number of aromatic nitrogens is 4. The maximum atomic E-state index is 4.74. The molecule has 0 aliphatic heterocycles. The van der Waals surface area contributed by atoms with Gasteiger partial charge < -0.3 is 15.2 Å². The minimum Gasteiger partial charge on any atom is -0.354 e. The van der Waals surface area contributed by atoms with Gasteiger partial charge in [0.2, 0.25) is 5.95 Å². The van der Waals surface area contributed by atoms with Gasteiger partial charge in [-0.05, 0) is 26.7 Å². The van der Waals surface area contributed by atoms with Crippen LogP contribution in [0, 0.1) is 0 Å². The maximum Gasteiger partial charge on any atom is 0.226 e. The van der Waals surface area contributed by atoms with Crippen LogP contribution in [0.1, 0.15) is 46.0 Å². The van der Waals surface area contributed by atoms with Crippen molar-refractivity contribution < 1.29 is 0 Å². The van der Waals surface area contributed by atoms with E-state index in [1.165, 1.54) is 32.1 Å². The number of fused-ring (bicyclic) bond motifs is 1. The summed E-state index contributed by atoms with van der Waals surface area (Å²) in [5.74, 6) is 1.66. The Labute approximate surface area is 125 Å². The summed E-state index contributed by atoms with van der Waals surface area (Å²) < 4.78 is 0. The molecule has 0 amide bonds. The van der Waals surface area contributed by atoms with Gasteiger partial charge in [-0.3, -0.25) is 0 Å². The van der Waals surface area contributed by atoms with Gasteiger partial charge in [-0.1, -0.05) is 19.3 Å². The lowest BCUT2D eigenvalue weighted by molar-refractivity contribution is 0.417. The quantitative estimate of drug-likeness (QED) is 0.885. The topological polar surface area (TPSA) is 69.7 Å². The van der Waals surface area contributed by atoms with E-state index in [1.807, 2.05) is 0 Å². The number of hydrogen-bond acceptors (Lipinski definition) is 5. The molecule has 0 bridgehead atoms. The lowest BCUT2D eigenvalue weighted by Crippen LogP contribution is -2.37.